The van der Waals surface area contributed by atoms with Crippen LogP contribution >= 0.6 is 11.6 Å². The lowest BCUT2D eigenvalue weighted by Gasteiger charge is -2.18. The van der Waals surface area contributed by atoms with Crippen LogP contribution in [0, 0.1) is 13.8 Å². The predicted octanol–water partition coefficient (Wildman–Crippen LogP) is 5.24. The van der Waals surface area contributed by atoms with Gasteiger partial charge in [0.25, 0.3) is 5.56 Å². The Morgan fingerprint density at radius 3 is 2.53 bits per heavy atom. The average molecular weight is 506 g/mol. The number of pyridine rings is 1. The third-order valence-corrected chi connectivity index (χ3v) is 5.91. The molecule has 186 valence electrons. The zero-order valence-corrected chi connectivity index (χ0v) is 21.9. The minimum atomic E-state index is -0.270. The van der Waals surface area contributed by atoms with Gasteiger partial charge in [-0.15, -0.1) is 0 Å². The van der Waals surface area contributed by atoms with Crippen molar-refractivity contribution in [2.24, 2.45) is 0 Å². The smallest absolute Gasteiger partial charge is 0.264 e. The fraction of sp³-hybridized carbons (Fsp3) is 0.296. The molecule has 4 rings (SSSR count). The lowest BCUT2D eigenvalue weighted by Crippen LogP contribution is -2.25. The molecule has 0 bridgehead atoms. The van der Waals surface area contributed by atoms with Gasteiger partial charge in [-0.2, -0.15) is 4.98 Å². The monoisotopic (exact) mass is 505 g/mol. The first-order chi connectivity index (χ1) is 17.1. The van der Waals surface area contributed by atoms with E-state index in [2.05, 4.69) is 35.7 Å². The Hall–Kier alpha value is -3.78. The zero-order chi connectivity index (χ0) is 26.0. The summed E-state index contributed by atoms with van der Waals surface area (Å²) in [5.41, 5.74) is 2.63. The maximum absolute atomic E-state index is 13.4. The highest BCUT2D eigenvalue weighted by atomic mass is 35.5. The van der Waals surface area contributed by atoms with Gasteiger partial charge >= 0.3 is 0 Å². The summed E-state index contributed by atoms with van der Waals surface area (Å²) in [6.07, 6.45) is 1.74. The van der Waals surface area contributed by atoms with Gasteiger partial charge in [-0.3, -0.25) is 9.36 Å². The van der Waals surface area contributed by atoms with E-state index < -0.39 is 0 Å². The number of halogens is 1. The minimum absolute atomic E-state index is 0.147. The molecule has 36 heavy (non-hydrogen) atoms. The largest absolute Gasteiger partial charge is 0.481 e. The van der Waals surface area contributed by atoms with E-state index in [1.807, 2.05) is 30.3 Å². The van der Waals surface area contributed by atoms with Crippen LogP contribution in [-0.2, 0) is 12.0 Å². The van der Waals surface area contributed by atoms with Gasteiger partial charge in [-0.1, -0.05) is 44.5 Å². The molecule has 1 aromatic carbocycles. The van der Waals surface area contributed by atoms with Crippen molar-refractivity contribution in [2.45, 2.75) is 46.6 Å². The first kappa shape index (κ1) is 25.3. The van der Waals surface area contributed by atoms with Crippen molar-refractivity contribution in [3.8, 4) is 28.7 Å². The third kappa shape index (κ3) is 5.23. The molecule has 0 aliphatic heterocycles. The van der Waals surface area contributed by atoms with Crippen molar-refractivity contribution in [3.05, 3.63) is 86.9 Å². The standard InChI is InChI=1S/C27H28ClN5O3/c1-16-24(36-15-19-8-7-9-23(31-19)35-6)30-17(2)33(25(16)34)22-14-18(10-11-20(22)28)21-12-13-29-26(32-21)27(3,4)5/h7-14H,15H2,1-6H3. The predicted molar refractivity (Wildman–Crippen MR) is 139 cm³/mol. The fourth-order valence-electron chi connectivity index (χ4n) is 3.63. The second-order valence-electron chi connectivity index (χ2n) is 9.37. The number of aromatic nitrogens is 5. The quantitative estimate of drug-likeness (QED) is 0.354. The van der Waals surface area contributed by atoms with Crippen LogP contribution in [0.5, 0.6) is 11.8 Å². The molecule has 0 saturated carbocycles. The van der Waals surface area contributed by atoms with Gasteiger partial charge in [-0.05, 0) is 38.1 Å². The number of benzene rings is 1. The normalized spacial score (nSPS) is 11.4. The molecular weight excluding hydrogens is 478 g/mol. The Morgan fingerprint density at radius 1 is 1.03 bits per heavy atom. The number of ether oxygens (including phenoxy) is 2. The van der Waals surface area contributed by atoms with E-state index in [1.54, 1.807) is 39.3 Å². The lowest BCUT2D eigenvalue weighted by molar-refractivity contribution is 0.282. The third-order valence-electron chi connectivity index (χ3n) is 5.59. The summed E-state index contributed by atoms with van der Waals surface area (Å²) in [7, 11) is 1.55. The van der Waals surface area contributed by atoms with E-state index in [9.17, 15) is 4.79 Å². The SMILES string of the molecule is COc1cccc(COc2nc(C)n(-c3cc(-c4ccnc(C(C)(C)C)n4)ccc3Cl)c(=O)c2C)n1. The molecule has 0 spiro atoms. The van der Waals surface area contributed by atoms with Gasteiger partial charge in [0.2, 0.25) is 11.8 Å². The van der Waals surface area contributed by atoms with Crippen molar-refractivity contribution in [3.63, 3.8) is 0 Å². The van der Waals surface area contributed by atoms with Crippen LogP contribution in [0.15, 0.2) is 53.5 Å². The summed E-state index contributed by atoms with van der Waals surface area (Å²) in [5, 5.41) is 0.421. The molecule has 3 heterocycles. The van der Waals surface area contributed by atoms with Gasteiger partial charge in [0.05, 0.1) is 34.8 Å². The van der Waals surface area contributed by atoms with Crippen LogP contribution in [-0.4, -0.2) is 31.6 Å². The van der Waals surface area contributed by atoms with Gasteiger partial charge in [0.1, 0.15) is 18.3 Å². The number of aryl methyl sites for hydroxylation is 1. The molecule has 3 aromatic heterocycles. The highest BCUT2D eigenvalue weighted by molar-refractivity contribution is 6.32. The Kier molecular flexibility index (Phi) is 7.08. The number of nitrogens with zero attached hydrogens (tertiary/aromatic N) is 5. The minimum Gasteiger partial charge on any atom is -0.481 e. The molecule has 4 aromatic rings. The summed E-state index contributed by atoms with van der Waals surface area (Å²) in [4.78, 5) is 31.5. The zero-order valence-electron chi connectivity index (χ0n) is 21.2. The molecule has 0 aliphatic carbocycles. The second-order valence-corrected chi connectivity index (χ2v) is 9.78. The summed E-state index contributed by atoms with van der Waals surface area (Å²) in [6.45, 7) is 9.74. The summed E-state index contributed by atoms with van der Waals surface area (Å²) in [5.74, 6) is 1.90. The van der Waals surface area contributed by atoms with Crippen molar-refractivity contribution >= 4 is 11.6 Å². The maximum atomic E-state index is 13.4. The topological polar surface area (TPSA) is 92.0 Å². The van der Waals surface area contributed by atoms with Crippen LogP contribution < -0.4 is 15.0 Å². The molecule has 0 fully saturated rings. The van der Waals surface area contributed by atoms with Crippen molar-refractivity contribution < 1.29 is 9.47 Å². The number of hydrogen-bond acceptors (Lipinski definition) is 7. The van der Waals surface area contributed by atoms with E-state index in [4.69, 9.17) is 26.1 Å². The second kappa shape index (κ2) is 10.1. The van der Waals surface area contributed by atoms with E-state index in [1.165, 1.54) is 4.57 Å². The first-order valence-corrected chi connectivity index (χ1v) is 11.8. The van der Waals surface area contributed by atoms with E-state index in [0.29, 0.717) is 33.7 Å². The highest BCUT2D eigenvalue weighted by Crippen LogP contribution is 2.29. The molecule has 0 N–H and O–H groups in total. The molecule has 0 unspecified atom stereocenters. The summed E-state index contributed by atoms with van der Waals surface area (Å²) >= 11 is 6.56. The van der Waals surface area contributed by atoms with Gasteiger partial charge in [0.15, 0.2) is 0 Å². The Labute approximate surface area is 215 Å². The molecule has 9 heteroatoms. The number of methoxy groups -OCH3 is 1. The molecule has 0 atom stereocenters. The van der Waals surface area contributed by atoms with Crippen molar-refractivity contribution in [2.75, 3.05) is 7.11 Å². The van der Waals surface area contributed by atoms with Crippen LogP contribution in [0.2, 0.25) is 5.02 Å². The molecule has 8 nitrogen and oxygen atoms in total. The van der Waals surface area contributed by atoms with Gasteiger partial charge in [0, 0.05) is 23.2 Å². The molecule has 0 saturated heterocycles. The van der Waals surface area contributed by atoms with Crippen LogP contribution in [0.4, 0.5) is 0 Å². The Morgan fingerprint density at radius 2 is 1.81 bits per heavy atom. The van der Waals surface area contributed by atoms with Gasteiger partial charge in [-0.25, -0.2) is 15.0 Å². The summed E-state index contributed by atoms with van der Waals surface area (Å²) < 4.78 is 12.5. The molecule has 0 aliphatic rings. The van der Waals surface area contributed by atoms with Gasteiger partial charge < -0.3 is 9.47 Å². The van der Waals surface area contributed by atoms with Crippen molar-refractivity contribution in [1.82, 2.24) is 24.5 Å². The summed E-state index contributed by atoms with van der Waals surface area (Å²) in [6, 6.07) is 12.7. The molecular formula is C27H28ClN5O3. The van der Waals surface area contributed by atoms with Crippen LogP contribution in [0.3, 0.4) is 0 Å². The number of rotatable bonds is 6. The van der Waals surface area contributed by atoms with E-state index in [0.717, 1.165) is 17.1 Å². The fourth-order valence-corrected chi connectivity index (χ4v) is 3.83. The van der Waals surface area contributed by atoms with E-state index in [-0.39, 0.29) is 23.5 Å². The Balaban J connectivity index is 1.71. The Bertz CT molecular complexity index is 1480. The highest BCUT2D eigenvalue weighted by Gasteiger charge is 2.20. The molecule has 0 radical (unpaired) electrons. The number of hydrogen-bond donors (Lipinski definition) is 0. The van der Waals surface area contributed by atoms with Crippen LogP contribution in [0.25, 0.3) is 16.9 Å². The lowest BCUT2D eigenvalue weighted by atomic mass is 9.95. The van der Waals surface area contributed by atoms with Crippen LogP contribution in [0.1, 0.15) is 43.7 Å². The van der Waals surface area contributed by atoms with E-state index >= 15 is 0 Å². The first-order valence-electron chi connectivity index (χ1n) is 11.5. The van der Waals surface area contributed by atoms with Crippen molar-refractivity contribution in [1.29, 1.82) is 0 Å². The maximum Gasteiger partial charge on any atom is 0.264 e. The molecule has 0 amide bonds. The average Bonchev–Trinajstić information content (AvgIpc) is 2.86.